The average molecular weight is 405 g/mol. The highest BCUT2D eigenvalue weighted by atomic mass is 32.2. The number of hydrogen-bond donors (Lipinski definition) is 0. The van der Waals surface area contributed by atoms with Crippen molar-refractivity contribution < 1.29 is 22.4 Å². The van der Waals surface area contributed by atoms with Gasteiger partial charge >= 0.3 is 5.97 Å². The zero-order valence-electron chi connectivity index (χ0n) is 14.7. The number of rotatable bonds is 8. The number of benzene rings is 1. The molecule has 0 spiro atoms. The van der Waals surface area contributed by atoms with E-state index in [0.717, 1.165) is 10.4 Å². The lowest BCUT2D eigenvalue weighted by Crippen LogP contribution is -2.32. The minimum atomic E-state index is -3.74. The molecule has 0 aliphatic rings. The highest BCUT2D eigenvalue weighted by Gasteiger charge is 2.25. The zero-order valence-corrected chi connectivity index (χ0v) is 16.3. The van der Waals surface area contributed by atoms with Crippen molar-refractivity contribution in [1.29, 1.82) is 0 Å². The molecule has 0 aliphatic carbocycles. The van der Waals surface area contributed by atoms with Crippen LogP contribution in [0.2, 0.25) is 0 Å². The molecule has 27 heavy (non-hydrogen) atoms. The molecule has 1 aromatic carbocycles. The molecular weight excluding hydrogens is 386 g/mol. The van der Waals surface area contributed by atoms with E-state index in [1.165, 1.54) is 48.2 Å². The summed E-state index contributed by atoms with van der Waals surface area (Å²) in [5, 5.41) is 1.97. The van der Waals surface area contributed by atoms with E-state index in [1.807, 2.05) is 17.5 Å². The molecule has 6 nitrogen and oxygen atoms in total. The monoisotopic (exact) mass is 405 g/mol. The van der Waals surface area contributed by atoms with Crippen molar-refractivity contribution in [3.8, 4) is 0 Å². The molecule has 0 bridgehead atoms. The Kier molecular flexibility index (Phi) is 6.10. The molecule has 0 amide bonds. The van der Waals surface area contributed by atoms with Crippen molar-refractivity contribution in [2.24, 2.45) is 0 Å². The van der Waals surface area contributed by atoms with Crippen LogP contribution in [0.15, 0.2) is 69.7 Å². The van der Waals surface area contributed by atoms with Crippen molar-refractivity contribution >= 4 is 27.3 Å². The number of methoxy groups -OCH3 is 1. The van der Waals surface area contributed by atoms with Gasteiger partial charge in [0.05, 0.1) is 30.1 Å². The van der Waals surface area contributed by atoms with Crippen LogP contribution in [0.25, 0.3) is 0 Å². The summed E-state index contributed by atoms with van der Waals surface area (Å²) in [4.78, 5) is 12.8. The molecule has 0 saturated heterocycles. The summed E-state index contributed by atoms with van der Waals surface area (Å²) >= 11 is 1.60. The normalized spacial score (nSPS) is 11.6. The lowest BCUT2D eigenvalue weighted by Gasteiger charge is -2.21. The van der Waals surface area contributed by atoms with Crippen LogP contribution >= 0.6 is 11.3 Å². The fourth-order valence-electron chi connectivity index (χ4n) is 2.59. The highest BCUT2D eigenvalue weighted by molar-refractivity contribution is 7.89. The van der Waals surface area contributed by atoms with Gasteiger partial charge in [-0.05, 0) is 48.2 Å². The van der Waals surface area contributed by atoms with Gasteiger partial charge in [-0.25, -0.2) is 13.2 Å². The summed E-state index contributed by atoms with van der Waals surface area (Å²) in [5.41, 5.74) is 1.08. The maximum absolute atomic E-state index is 13.2. The summed E-state index contributed by atoms with van der Waals surface area (Å²) in [6.07, 6.45) is 3.67. The quantitative estimate of drug-likeness (QED) is 0.536. The van der Waals surface area contributed by atoms with Gasteiger partial charge in [-0.1, -0.05) is 6.07 Å². The maximum atomic E-state index is 13.2. The largest absolute Gasteiger partial charge is 0.472 e. The van der Waals surface area contributed by atoms with Crippen LogP contribution in [0.1, 0.15) is 20.8 Å². The molecule has 0 N–H and O–H groups in total. The predicted octanol–water partition coefficient (Wildman–Crippen LogP) is 3.56. The third kappa shape index (κ3) is 4.65. The van der Waals surface area contributed by atoms with Crippen molar-refractivity contribution in [2.75, 3.05) is 13.7 Å². The number of nitrogens with zero attached hydrogens (tertiary/aromatic N) is 1. The summed E-state index contributed by atoms with van der Waals surface area (Å²) < 4.78 is 37.4. The number of thiophene rings is 1. The Morgan fingerprint density at radius 1 is 1.19 bits per heavy atom. The van der Waals surface area contributed by atoms with E-state index >= 15 is 0 Å². The van der Waals surface area contributed by atoms with Crippen molar-refractivity contribution in [3.05, 3.63) is 76.4 Å². The first-order valence-corrected chi connectivity index (χ1v) is 10.5. The van der Waals surface area contributed by atoms with Gasteiger partial charge < -0.3 is 9.15 Å². The molecule has 8 heteroatoms. The number of furan rings is 1. The van der Waals surface area contributed by atoms with E-state index in [0.29, 0.717) is 18.5 Å². The smallest absolute Gasteiger partial charge is 0.337 e. The standard InChI is InChI=1S/C19H19NO5S2/c1-24-19(21)16-4-6-18(7-5-16)27(22,23)20(13-15-9-11-25-14-15)10-8-17-3-2-12-26-17/h2-7,9,11-12,14H,8,10,13H2,1H3. The van der Waals surface area contributed by atoms with Crippen molar-refractivity contribution in [2.45, 2.75) is 17.9 Å². The SMILES string of the molecule is COC(=O)c1ccc(S(=O)(=O)N(CCc2cccs2)Cc2ccoc2)cc1. The third-order valence-corrected chi connectivity index (χ3v) is 6.84. The van der Waals surface area contributed by atoms with E-state index in [-0.39, 0.29) is 11.4 Å². The average Bonchev–Trinajstić information content (AvgIpc) is 3.38. The van der Waals surface area contributed by atoms with E-state index in [2.05, 4.69) is 4.74 Å². The molecule has 0 unspecified atom stereocenters. The van der Waals surface area contributed by atoms with Crippen LogP contribution in [0.5, 0.6) is 0 Å². The minimum absolute atomic E-state index is 0.129. The fraction of sp³-hybridized carbons (Fsp3) is 0.211. The predicted molar refractivity (Wildman–Crippen MR) is 102 cm³/mol. The minimum Gasteiger partial charge on any atom is -0.472 e. The van der Waals surface area contributed by atoms with Gasteiger partial charge in [0.1, 0.15) is 0 Å². The van der Waals surface area contributed by atoms with Crippen LogP contribution in [0.3, 0.4) is 0 Å². The number of esters is 1. The second-order valence-corrected chi connectivity index (χ2v) is 8.79. The Morgan fingerprint density at radius 2 is 1.96 bits per heavy atom. The molecule has 0 radical (unpaired) electrons. The second-order valence-electron chi connectivity index (χ2n) is 5.82. The van der Waals surface area contributed by atoms with Gasteiger partial charge in [-0.2, -0.15) is 4.31 Å². The molecule has 0 saturated carbocycles. The molecule has 3 rings (SSSR count). The number of ether oxygens (including phenoxy) is 1. The van der Waals surface area contributed by atoms with E-state index < -0.39 is 16.0 Å². The number of carbonyl (C=O) groups excluding carboxylic acids is 1. The summed E-state index contributed by atoms with van der Waals surface area (Å²) in [7, 11) is -2.45. The first-order chi connectivity index (χ1) is 13.0. The molecule has 142 valence electrons. The lowest BCUT2D eigenvalue weighted by molar-refractivity contribution is 0.0600. The Morgan fingerprint density at radius 3 is 2.56 bits per heavy atom. The van der Waals surface area contributed by atoms with Crippen LogP contribution in [-0.4, -0.2) is 32.3 Å². The van der Waals surface area contributed by atoms with Crippen molar-refractivity contribution in [3.63, 3.8) is 0 Å². The van der Waals surface area contributed by atoms with Crippen LogP contribution in [-0.2, 0) is 27.7 Å². The van der Waals surface area contributed by atoms with E-state index in [9.17, 15) is 13.2 Å². The molecular formula is C19H19NO5S2. The Bertz CT molecular complexity index is 962. The van der Waals surface area contributed by atoms with Crippen molar-refractivity contribution in [1.82, 2.24) is 4.31 Å². The Balaban J connectivity index is 1.85. The van der Waals surface area contributed by atoms with Gasteiger partial charge in [0, 0.05) is 23.5 Å². The molecule has 2 aromatic heterocycles. The molecule has 2 heterocycles. The van der Waals surface area contributed by atoms with Crippen LogP contribution < -0.4 is 0 Å². The van der Waals surface area contributed by atoms with Gasteiger partial charge in [0.2, 0.25) is 10.0 Å². The number of carbonyl (C=O) groups is 1. The lowest BCUT2D eigenvalue weighted by atomic mass is 10.2. The van der Waals surface area contributed by atoms with E-state index in [1.54, 1.807) is 17.4 Å². The van der Waals surface area contributed by atoms with E-state index in [4.69, 9.17) is 4.42 Å². The number of sulfonamides is 1. The van der Waals surface area contributed by atoms with Crippen LogP contribution in [0.4, 0.5) is 0 Å². The first-order valence-electron chi connectivity index (χ1n) is 8.22. The fourth-order valence-corrected chi connectivity index (χ4v) is 4.72. The zero-order chi connectivity index (χ0) is 19.3. The van der Waals surface area contributed by atoms with Gasteiger partial charge in [0.15, 0.2) is 0 Å². The van der Waals surface area contributed by atoms with Gasteiger partial charge in [-0.15, -0.1) is 11.3 Å². The third-order valence-electron chi connectivity index (χ3n) is 4.04. The van der Waals surface area contributed by atoms with Crippen LogP contribution in [0, 0.1) is 0 Å². The second kappa shape index (κ2) is 8.51. The Labute approximate surface area is 162 Å². The van der Waals surface area contributed by atoms with Gasteiger partial charge in [-0.3, -0.25) is 0 Å². The topological polar surface area (TPSA) is 76.8 Å². The summed E-state index contributed by atoms with van der Waals surface area (Å²) in [5.74, 6) is -0.508. The maximum Gasteiger partial charge on any atom is 0.337 e. The first kappa shape index (κ1) is 19.3. The molecule has 0 fully saturated rings. The number of hydrogen-bond acceptors (Lipinski definition) is 6. The highest BCUT2D eigenvalue weighted by Crippen LogP contribution is 2.21. The Hall–Kier alpha value is -2.42. The summed E-state index contributed by atoms with van der Waals surface area (Å²) in [6, 6.07) is 11.4. The summed E-state index contributed by atoms with van der Waals surface area (Å²) in [6.45, 7) is 0.551. The van der Waals surface area contributed by atoms with Gasteiger partial charge in [0.25, 0.3) is 0 Å². The molecule has 0 aliphatic heterocycles. The molecule has 3 aromatic rings. The molecule has 0 atom stereocenters.